The second kappa shape index (κ2) is 7.38. The summed E-state index contributed by atoms with van der Waals surface area (Å²) in [6.45, 7) is 2.86. The van der Waals surface area contributed by atoms with E-state index >= 15 is 0 Å². The van der Waals surface area contributed by atoms with E-state index in [-0.39, 0.29) is 5.91 Å². The minimum absolute atomic E-state index is 0.0142. The molecule has 120 valence electrons. The van der Waals surface area contributed by atoms with Gasteiger partial charge < -0.3 is 15.0 Å². The molecule has 1 N–H and O–H groups in total. The number of para-hydroxylation sites is 2. The van der Waals surface area contributed by atoms with Gasteiger partial charge in [-0.3, -0.25) is 4.79 Å². The Hall–Kier alpha value is -2.20. The van der Waals surface area contributed by atoms with Crippen LogP contribution in [0.3, 0.4) is 0 Å². The summed E-state index contributed by atoms with van der Waals surface area (Å²) in [6.07, 6.45) is 0.305. The Bertz CT molecular complexity index is 690. The average molecular weight is 331 g/mol. The van der Waals surface area contributed by atoms with Crippen LogP contribution in [0.15, 0.2) is 48.5 Å². The number of amides is 1. The summed E-state index contributed by atoms with van der Waals surface area (Å²) >= 11 is 6.08. The highest BCUT2D eigenvalue weighted by Crippen LogP contribution is 2.30. The number of fused-ring (bicyclic) bond motifs is 1. The van der Waals surface area contributed by atoms with Crippen molar-refractivity contribution in [2.75, 3.05) is 31.1 Å². The fraction of sp³-hybridized carbons (Fsp3) is 0.278. The fourth-order valence-corrected chi connectivity index (χ4v) is 2.87. The Morgan fingerprint density at radius 2 is 1.96 bits per heavy atom. The standard InChI is InChI=1S/C18H19ClN2O2/c19-15-6-2-1-5-14(15)13-18(22)20-9-10-21-11-12-23-17-8-4-3-7-16(17)21/h1-8H,9-13H2,(H,20,22). The van der Waals surface area contributed by atoms with E-state index in [0.29, 0.717) is 24.6 Å². The van der Waals surface area contributed by atoms with Crippen LogP contribution in [-0.2, 0) is 11.2 Å². The lowest BCUT2D eigenvalue weighted by Gasteiger charge is -2.31. The summed E-state index contributed by atoms with van der Waals surface area (Å²) in [5, 5.41) is 3.59. The zero-order valence-corrected chi connectivity index (χ0v) is 13.6. The van der Waals surface area contributed by atoms with Gasteiger partial charge in [0.2, 0.25) is 5.91 Å². The van der Waals surface area contributed by atoms with Gasteiger partial charge in [-0.1, -0.05) is 41.9 Å². The van der Waals surface area contributed by atoms with Crippen LogP contribution in [0.4, 0.5) is 5.69 Å². The van der Waals surface area contributed by atoms with Crippen molar-refractivity contribution in [3.05, 3.63) is 59.1 Å². The number of nitrogens with zero attached hydrogens (tertiary/aromatic N) is 1. The van der Waals surface area contributed by atoms with Crippen molar-refractivity contribution in [2.45, 2.75) is 6.42 Å². The first-order chi connectivity index (χ1) is 11.2. The van der Waals surface area contributed by atoms with Crippen LogP contribution in [0.1, 0.15) is 5.56 Å². The predicted molar refractivity (Wildman–Crippen MR) is 92.3 cm³/mol. The van der Waals surface area contributed by atoms with Gasteiger partial charge in [0.05, 0.1) is 18.7 Å². The highest BCUT2D eigenvalue weighted by molar-refractivity contribution is 6.31. The molecule has 0 atom stereocenters. The minimum atomic E-state index is -0.0142. The molecule has 0 aromatic heterocycles. The molecule has 5 heteroatoms. The van der Waals surface area contributed by atoms with Gasteiger partial charge in [0, 0.05) is 18.1 Å². The molecular formula is C18H19ClN2O2. The normalized spacial score (nSPS) is 13.2. The molecule has 23 heavy (non-hydrogen) atoms. The van der Waals surface area contributed by atoms with Gasteiger partial charge in [-0.05, 0) is 23.8 Å². The number of rotatable bonds is 5. The molecule has 1 aliphatic heterocycles. The Balaban J connectivity index is 1.50. The Labute approximate surface area is 141 Å². The van der Waals surface area contributed by atoms with Crippen LogP contribution in [0.2, 0.25) is 5.02 Å². The zero-order valence-electron chi connectivity index (χ0n) is 12.8. The monoisotopic (exact) mass is 330 g/mol. The number of hydrogen-bond donors (Lipinski definition) is 1. The second-order valence-corrected chi connectivity index (χ2v) is 5.83. The molecule has 2 aromatic rings. The van der Waals surface area contributed by atoms with Crippen LogP contribution in [0.5, 0.6) is 5.75 Å². The first kappa shape index (κ1) is 15.7. The van der Waals surface area contributed by atoms with Gasteiger partial charge in [0.25, 0.3) is 0 Å². The second-order valence-electron chi connectivity index (χ2n) is 5.42. The van der Waals surface area contributed by atoms with E-state index in [1.54, 1.807) is 6.07 Å². The van der Waals surface area contributed by atoms with Crippen LogP contribution >= 0.6 is 11.6 Å². The van der Waals surface area contributed by atoms with Crippen LogP contribution in [0, 0.1) is 0 Å². The third-order valence-electron chi connectivity index (χ3n) is 3.84. The largest absolute Gasteiger partial charge is 0.490 e. The van der Waals surface area contributed by atoms with Crippen molar-refractivity contribution >= 4 is 23.2 Å². The molecule has 1 amide bonds. The molecule has 0 unspecified atom stereocenters. The smallest absolute Gasteiger partial charge is 0.224 e. The van der Waals surface area contributed by atoms with E-state index in [2.05, 4.69) is 10.2 Å². The van der Waals surface area contributed by atoms with Crippen molar-refractivity contribution < 1.29 is 9.53 Å². The van der Waals surface area contributed by atoms with Crippen molar-refractivity contribution in [3.8, 4) is 5.75 Å². The number of ether oxygens (including phenoxy) is 1. The predicted octanol–water partition coefficient (Wildman–Crippen LogP) is 2.90. The molecule has 0 radical (unpaired) electrons. The third kappa shape index (κ3) is 3.96. The minimum Gasteiger partial charge on any atom is -0.490 e. The molecule has 0 saturated heterocycles. The molecule has 2 aromatic carbocycles. The summed E-state index contributed by atoms with van der Waals surface area (Å²) in [5.41, 5.74) is 1.93. The molecular weight excluding hydrogens is 312 g/mol. The summed E-state index contributed by atoms with van der Waals surface area (Å²) in [4.78, 5) is 14.3. The van der Waals surface area contributed by atoms with E-state index < -0.39 is 0 Å². The lowest BCUT2D eigenvalue weighted by Crippen LogP contribution is -2.39. The molecule has 1 heterocycles. The van der Waals surface area contributed by atoms with Gasteiger partial charge in [-0.25, -0.2) is 0 Å². The van der Waals surface area contributed by atoms with E-state index in [4.69, 9.17) is 16.3 Å². The van der Waals surface area contributed by atoms with Crippen molar-refractivity contribution in [3.63, 3.8) is 0 Å². The molecule has 1 aliphatic rings. The maximum absolute atomic E-state index is 12.0. The van der Waals surface area contributed by atoms with Crippen LogP contribution in [-0.4, -0.2) is 32.1 Å². The topological polar surface area (TPSA) is 41.6 Å². The van der Waals surface area contributed by atoms with E-state index in [1.165, 1.54) is 0 Å². The van der Waals surface area contributed by atoms with Crippen LogP contribution in [0.25, 0.3) is 0 Å². The Morgan fingerprint density at radius 1 is 1.17 bits per heavy atom. The van der Waals surface area contributed by atoms with Gasteiger partial charge in [-0.15, -0.1) is 0 Å². The van der Waals surface area contributed by atoms with E-state index in [1.807, 2.05) is 42.5 Å². The maximum atomic E-state index is 12.0. The number of nitrogens with one attached hydrogen (secondary N) is 1. The van der Waals surface area contributed by atoms with Gasteiger partial charge in [-0.2, -0.15) is 0 Å². The average Bonchev–Trinajstić information content (AvgIpc) is 2.57. The molecule has 4 nitrogen and oxygen atoms in total. The number of carbonyl (C=O) groups is 1. The maximum Gasteiger partial charge on any atom is 0.224 e. The zero-order chi connectivity index (χ0) is 16.1. The first-order valence-electron chi connectivity index (χ1n) is 7.71. The van der Waals surface area contributed by atoms with Gasteiger partial charge in [0.15, 0.2) is 0 Å². The van der Waals surface area contributed by atoms with Crippen LogP contribution < -0.4 is 15.0 Å². The summed E-state index contributed by atoms with van der Waals surface area (Å²) in [5.74, 6) is 0.890. The van der Waals surface area contributed by atoms with E-state index in [0.717, 1.165) is 30.1 Å². The van der Waals surface area contributed by atoms with Crippen molar-refractivity contribution in [1.82, 2.24) is 5.32 Å². The number of benzene rings is 2. The summed E-state index contributed by atoms with van der Waals surface area (Å²) in [6, 6.07) is 15.4. The highest BCUT2D eigenvalue weighted by atomic mass is 35.5. The summed E-state index contributed by atoms with van der Waals surface area (Å²) in [7, 11) is 0. The molecule has 0 fully saturated rings. The Kier molecular flexibility index (Phi) is 5.03. The number of hydrogen-bond acceptors (Lipinski definition) is 3. The SMILES string of the molecule is O=C(Cc1ccccc1Cl)NCCN1CCOc2ccccc21. The lowest BCUT2D eigenvalue weighted by molar-refractivity contribution is -0.120. The third-order valence-corrected chi connectivity index (χ3v) is 4.21. The first-order valence-corrected chi connectivity index (χ1v) is 8.09. The van der Waals surface area contributed by atoms with Gasteiger partial charge in [0.1, 0.15) is 12.4 Å². The Morgan fingerprint density at radius 3 is 2.83 bits per heavy atom. The van der Waals surface area contributed by atoms with E-state index in [9.17, 15) is 4.79 Å². The quantitative estimate of drug-likeness (QED) is 0.916. The lowest BCUT2D eigenvalue weighted by atomic mass is 10.1. The van der Waals surface area contributed by atoms with Gasteiger partial charge >= 0.3 is 0 Å². The highest BCUT2D eigenvalue weighted by Gasteiger charge is 2.17. The molecule has 0 aliphatic carbocycles. The van der Waals surface area contributed by atoms with Crippen molar-refractivity contribution in [1.29, 1.82) is 0 Å². The molecule has 0 spiro atoms. The van der Waals surface area contributed by atoms with Crippen molar-refractivity contribution in [2.24, 2.45) is 0 Å². The molecule has 3 rings (SSSR count). The number of anilines is 1. The molecule has 0 bridgehead atoms. The number of halogens is 1. The summed E-state index contributed by atoms with van der Waals surface area (Å²) < 4.78 is 5.63. The number of carbonyl (C=O) groups excluding carboxylic acids is 1. The molecule has 0 saturated carbocycles. The fourth-order valence-electron chi connectivity index (χ4n) is 2.67.